The van der Waals surface area contributed by atoms with Crippen molar-refractivity contribution in [3.8, 4) is 6.07 Å². The van der Waals surface area contributed by atoms with E-state index in [1.54, 1.807) is 12.1 Å². The van der Waals surface area contributed by atoms with E-state index >= 15 is 0 Å². The van der Waals surface area contributed by atoms with Gasteiger partial charge in [-0.25, -0.2) is 0 Å². The molecule has 1 saturated heterocycles. The van der Waals surface area contributed by atoms with E-state index in [9.17, 15) is 28.3 Å². The van der Waals surface area contributed by atoms with Crippen LogP contribution in [0.3, 0.4) is 0 Å². The highest BCUT2D eigenvalue weighted by Crippen LogP contribution is 2.38. The van der Waals surface area contributed by atoms with E-state index in [0.717, 1.165) is 30.5 Å². The summed E-state index contributed by atoms with van der Waals surface area (Å²) in [5.41, 5.74) is -1.76. The predicted octanol–water partition coefficient (Wildman–Crippen LogP) is 3.14. The first-order valence-electron chi connectivity index (χ1n) is 10.2. The monoisotopic (exact) mass is 447 g/mol. The summed E-state index contributed by atoms with van der Waals surface area (Å²) in [5.74, 6) is -1.27. The van der Waals surface area contributed by atoms with E-state index in [0.29, 0.717) is 11.4 Å². The Morgan fingerprint density at radius 2 is 1.97 bits per heavy atom. The van der Waals surface area contributed by atoms with Crippen molar-refractivity contribution in [3.63, 3.8) is 0 Å². The minimum atomic E-state index is -4.96. The van der Waals surface area contributed by atoms with Crippen molar-refractivity contribution in [1.29, 1.82) is 5.26 Å². The second-order valence-electron chi connectivity index (χ2n) is 7.84. The molecule has 2 atom stereocenters. The molecule has 1 amide bonds. The highest BCUT2D eigenvalue weighted by atomic mass is 19.4. The van der Waals surface area contributed by atoms with E-state index in [1.165, 1.54) is 18.2 Å². The molecule has 0 aliphatic carbocycles. The molecule has 0 aromatic heterocycles. The van der Waals surface area contributed by atoms with Crippen molar-refractivity contribution >= 4 is 27.9 Å². The fraction of sp³-hybridized carbons (Fsp3) is 0.391. The van der Waals surface area contributed by atoms with E-state index in [2.05, 4.69) is 17.1 Å². The molecule has 170 valence electrons. The van der Waals surface area contributed by atoms with Crippen molar-refractivity contribution in [2.24, 2.45) is 0 Å². The molecule has 2 unspecified atom stereocenters. The van der Waals surface area contributed by atoms with Gasteiger partial charge in [-0.05, 0) is 54.3 Å². The molecule has 0 spiro atoms. The number of aliphatic hydroxyl groups is 2. The number of aliphatic hydroxyl groups excluding tert-OH is 2. The second kappa shape index (κ2) is 9.59. The number of rotatable bonds is 6. The lowest BCUT2D eigenvalue weighted by molar-refractivity contribution is -0.118. The van der Waals surface area contributed by atoms with E-state index in [1.807, 2.05) is 12.1 Å². The Morgan fingerprint density at radius 3 is 2.56 bits per heavy atom. The highest BCUT2D eigenvalue weighted by molar-refractivity contribution is 6.06. The summed E-state index contributed by atoms with van der Waals surface area (Å²) in [7, 11) is 0. The second-order valence-corrected chi connectivity index (χ2v) is 7.84. The van der Waals surface area contributed by atoms with Gasteiger partial charge in [-0.15, -0.1) is 0 Å². The fourth-order valence-corrected chi connectivity index (χ4v) is 3.92. The number of benzene rings is 2. The first-order chi connectivity index (χ1) is 15.2. The smallest absolute Gasteiger partial charge is 0.394 e. The molecule has 1 aliphatic rings. The lowest BCUT2D eigenvalue weighted by Gasteiger charge is -2.24. The largest absolute Gasteiger partial charge is 0.418 e. The summed E-state index contributed by atoms with van der Waals surface area (Å²) in [4.78, 5) is 14.5. The molecule has 1 fully saturated rings. The molecule has 6 nitrogen and oxygen atoms in total. The molecule has 9 heteroatoms. The maximum Gasteiger partial charge on any atom is 0.418 e. The number of hydrogen-bond donors (Lipinski definition) is 3. The molecule has 2 aromatic rings. The summed E-state index contributed by atoms with van der Waals surface area (Å²) in [5, 5.41) is 30.8. The zero-order valence-electron chi connectivity index (χ0n) is 17.5. The molecular formula is C23H24F3N3O3. The van der Waals surface area contributed by atoms with Crippen LogP contribution in [0.2, 0.25) is 0 Å². The van der Waals surface area contributed by atoms with Gasteiger partial charge in [0, 0.05) is 24.8 Å². The minimum Gasteiger partial charge on any atom is -0.394 e. The van der Waals surface area contributed by atoms with Crippen LogP contribution in [0.15, 0.2) is 42.0 Å². The van der Waals surface area contributed by atoms with Gasteiger partial charge in [-0.3, -0.25) is 4.79 Å². The van der Waals surface area contributed by atoms with Gasteiger partial charge in [0.25, 0.3) is 5.91 Å². The number of carbonyl (C=O) groups is 1. The molecule has 3 rings (SSSR count). The molecule has 2 aromatic carbocycles. The highest BCUT2D eigenvalue weighted by Gasteiger charge is 2.39. The van der Waals surface area contributed by atoms with Gasteiger partial charge in [0.2, 0.25) is 0 Å². The molecule has 1 aliphatic heterocycles. The van der Waals surface area contributed by atoms with E-state index in [-0.39, 0.29) is 5.56 Å². The first-order valence-corrected chi connectivity index (χ1v) is 10.2. The van der Waals surface area contributed by atoms with Gasteiger partial charge in [-0.2, -0.15) is 18.4 Å². The number of fused-ring (bicyclic) bond motifs is 1. The number of alkyl halides is 3. The quantitative estimate of drug-likeness (QED) is 0.467. The lowest BCUT2D eigenvalue weighted by Crippen LogP contribution is -2.35. The third-order valence-corrected chi connectivity index (χ3v) is 5.58. The molecular weight excluding hydrogens is 423 g/mol. The number of hydrogen-bond acceptors (Lipinski definition) is 5. The Kier molecular flexibility index (Phi) is 7.06. The standard InChI is InChI=1S/C23H24F3N3O3/c1-14-3-2-8-29(14)18-7-6-15-9-17(5-4-16(15)10-18)21(23(24,25)26)20(11-27)22(32)28-12-19(31)13-30/h4-7,9-10,14,19,30-31H,2-3,8,12-13H2,1H3,(H,28,32)/b21-20-. The summed E-state index contributed by atoms with van der Waals surface area (Å²) < 4.78 is 41.7. The van der Waals surface area contributed by atoms with Crippen LogP contribution in [-0.4, -0.2) is 54.1 Å². The van der Waals surface area contributed by atoms with Gasteiger partial charge in [0.1, 0.15) is 11.6 Å². The number of nitriles is 1. The van der Waals surface area contributed by atoms with Gasteiger partial charge >= 0.3 is 6.18 Å². The van der Waals surface area contributed by atoms with Gasteiger partial charge in [0.05, 0.1) is 18.3 Å². The summed E-state index contributed by atoms with van der Waals surface area (Å²) in [6, 6.07) is 11.4. The minimum absolute atomic E-state index is 0.304. The number of halogens is 3. The molecule has 3 N–H and O–H groups in total. The van der Waals surface area contributed by atoms with Crippen LogP contribution in [-0.2, 0) is 4.79 Å². The van der Waals surface area contributed by atoms with Crippen LogP contribution >= 0.6 is 0 Å². The first kappa shape index (κ1) is 23.6. The Balaban J connectivity index is 2.01. The van der Waals surface area contributed by atoms with E-state index < -0.39 is 42.5 Å². The predicted molar refractivity (Wildman–Crippen MR) is 115 cm³/mol. The molecule has 32 heavy (non-hydrogen) atoms. The number of nitrogens with one attached hydrogen (secondary N) is 1. The van der Waals surface area contributed by atoms with Crippen molar-refractivity contribution in [3.05, 3.63) is 47.5 Å². The van der Waals surface area contributed by atoms with Gasteiger partial charge < -0.3 is 20.4 Å². The Hall–Kier alpha value is -3.09. The fourth-order valence-electron chi connectivity index (χ4n) is 3.92. The molecule has 0 saturated carbocycles. The van der Waals surface area contributed by atoms with Crippen LogP contribution < -0.4 is 10.2 Å². The van der Waals surface area contributed by atoms with Crippen LogP contribution in [0.4, 0.5) is 18.9 Å². The van der Waals surface area contributed by atoms with Gasteiger partial charge in [0.15, 0.2) is 0 Å². The van der Waals surface area contributed by atoms with Gasteiger partial charge in [-0.1, -0.05) is 18.2 Å². The van der Waals surface area contributed by atoms with Crippen LogP contribution in [0.25, 0.3) is 16.3 Å². The molecule has 0 bridgehead atoms. The average Bonchev–Trinajstić information content (AvgIpc) is 3.19. The van der Waals surface area contributed by atoms with E-state index in [4.69, 9.17) is 5.11 Å². The van der Waals surface area contributed by atoms with Crippen LogP contribution in [0.5, 0.6) is 0 Å². The number of amides is 1. The number of nitrogens with zero attached hydrogens (tertiary/aromatic N) is 2. The van der Waals surface area contributed by atoms with Crippen molar-refractivity contribution in [2.75, 3.05) is 24.6 Å². The Bertz CT molecular complexity index is 1080. The lowest BCUT2D eigenvalue weighted by atomic mass is 9.96. The normalized spacial score (nSPS) is 18.3. The zero-order chi connectivity index (χ0) is 23.5. The summed E-state index contributed by atoms with van der Waals surface area (Å²) in [6.45, 7) is 1.90. The number of allylic oxidation sites excluding steroid dienone is 1. The van der Waals surface area contributed by atoms with Crippen molar-refractivity contribution < 1.29 is 28.2 Å². The number of carbonyl (C=O) groups excluding carboxylic acids is 1. The third kappa shape index (κ3) is 5.03. The topological polar surface area (TPSA) is 96.6 Å². The maximum atomic E-state index is 13.9. The average molecular weight is 447 g/mol. The third-order valence-electron chi connectivity index (χ3n) is 5.58. The van der Waals surface area contributed by atoms with Crippen LogP contribution in [0.1, 0.15) is 25.3 Å². The maximum absolute atomic E-state index is 13.9. The SMILES string of the molecule is CC1CCCN1c1ccc2cc(/C(=C(\C#N)C(=O)NCC(O)CO)C(F)(F)F)ccc2c1. The summed E-state index contributed by atoms with van der Waals surface area (Å²) in [6.07, 6.45) is -4.13. The van der Waals surface area contributed by atoms with Crippen molar-refractivity contribution in [2.45, 2.75) is 38.1 Å². The molecule has 0 radical (unpaired) electrons. The zero-order valence-corrected chi connectivity index (χ0v) is 17.5. The Morgan fingerprint density at radius 1 is 1.28 bits per heavy atom. The van der Waals surface area contributed by atoms with Crippen molar-refractivity contribution in [1.82, 2.24) is 5.32 Å². The Labute approximate surface area is 183 Å². The summed E-state index contributed by atoms with van der Waals surface area (Å²) >= 11 is 0. The number of anilines is 1. The molecule has 1 heterocycles. The van der Waals surface area contributed by atoms with Crippen LogP contribution in [0, 0.1) is 11.3 Å².